The van der Waals surface area contributed by atoms with Gasteiger partial charge in [0.15, 0.2) is 0 Å². The lowest BCUT2D eigenvalue weighted by atomic mass is 10.0. The monoisotopic (exact) mass is 290 g/mol. The Morgan fingerprint density at radius 3 is 2.23 bits per heavy atom. The Kier molecular flexibility index (Phi) is 4.12. The summed E-state index contributed by atoms with van der Waals surface area (Å²) in [5.74, 6) is 0.667. The van der Waals surface area contributed by atoms with Crippen LogP contribution in [0.4, 0.5) is 11.6 Å². The van der Waals surface area contributed by atoms with E-state index in [4.69, 9.17) is 5.73 Å². The van der Waals surface area contributed by atoms with Crippen LogP contribution in [0.5, 0.6) is 0 Å². The van der Waals surface area contributed by atoms with Gasteiger partial charge in [0.05, 0.1) is 0 Å². The number of nitrogens with zero attached hydrogens (tertiary/aromatic N) is 3. The van der Waals surface area contributed by atoms with Crippen molar-refractivity contribution in [2.45, 2.75) is 6.54 Å². The Bertz CT molecular complexity index is 739. The van der Waals surface area contributed by atoms with Crippen LogP contribution in [0.1, 0.15) is 5.56 Å². The number of para-hydroxylation sites is 1. The lowest BCUT2D eigenvalue weighted by molar-refractivity contribution is 1.04. The molecule has 2 aromatic carbocycles. The zero-order valence-corrected chi connectivity index (χ0v) is 12.5. The molecule has 4 heteroatoms. The van der Waals surface area contributed by atoms with E-state index in [-0.39, 0.29) is 0 Å². The molecule has 22 heavy (non-hydrogen) atoms. The summed E-state index contributed by atoms with van der Waals surface area (Å²) in [4.78, 5) is 10.9. The second-order valence-corrected chi connectivity index (χ2v) is 5.03. The van der Waals surface area contributed by atoms with Crippen LogP contribution in [-0.2, 0) is 6.54 Å². The smallest absolute Gasteiger partial charge is 0.229 e. The second-order valence-electron chi connectivity index (χ2n) is 5.03. The maximum atomic E-state index is 5.79. The van der Waals surface area contributed by atoms with Gasteiger partial charge in [-0.25, -0.2) is 9.97 Å². The fourth-order valence-electron chi connectivity index (χ4n) is 2.38. The molecule has 0 fully saturated rings. The molecule has 110 valence electrons. The molecule has 0 atom stereocenters. The number of rotatable bonds is 4. The second kappa shape index (κ2) is 6.37. The van der Waals surface area contributed by atoms with Gasteiger partial charge in [-0.05, 0) is 23.3 Å². The number of hydrogen-bond donors (Lipinski definition) is 1. The third-order valence-corrected chi connectivity index (χ3v) is 3.63. The lowest BCUT2D eigenvalue weighted by Crippen LogP contribution is -2.12. The molecule has 3 rings (SSSR count). The quantitative estimate of drug-likeness (QED) is 0.800. The van der Waals surface area contributed by atoms with E-state index in [0.29, 0.717) is 12.5 Å². The summed E-state index contributed by atoms with van der Waals surface area (Å²) in [6.07, 6.45) is 3.69. The van der Waals surface area contributed by atoms with Crippen LogP contribution >= 0.6 is 0 Å². The minimum atomic E-state index is 0.502. The Morgan fingerprint density at radius 2 is 1.55 bits per heavy atom. The summed E-state index contributed by atoms with van der Waals surface area (Å²) in [5, 5.41) is 0. The number of hydrogen-bond acceptors (Lipinski definition) is 4. The van der Waals surface area contributed by atoms with Crippen molar-refractivity contribution in [1.29, 1.82) is 0 Å². The molecular weight excluding hydrogens is 272 g/mol. The zero-order chi connectivity index (χ0) is 15.4. The molecule has 0 aliphatic carbocycles. The predicted molar refractivity (Wildman–Crippen MR) is 89.9 cm³/mol. The van der Waals surface area contributed by atoms with Crippen molar-refractivity contribution in [3.05, 3.63) is 72.6 Å². The minimum absolute atomic E-state index is 0.502. The molecular formula is C18H18N4. The predicted octanol–water partition coefficient (Wildman–Crippen LogP) is 3.37. The molecule has 0 amide bonds. The van der Waals surface area contributed by atoms with Crippen LogP contribution in [0.3, 0.4) is 0 Å². The highest BCUT2D eigenvalue weighted by Gasteiger charge is 2.08. The van der Waals surface area contributed by atoms with E-state index in [0.717, 1.165) is 22.4 Å². The summed E-state index contributed by atoms with van der Waals surface area (Å²) in [6, 6.07) is 18.1. The summed E-state index contributed by atoms with van der Waals surface area (Å²) in [5.41, 5.74) is 10.00. The third-order valence-electron chi connectivity index (χ3n) is 3.63. The molecule has 0 unspecified atom stereocenters. The van der Waals surface area contributed by atoms with Gasteiger partial charge in [-0.2, -0.15) is 0 Å². The van der Waals surface area contributed by atoms with Gasteiger partial charge < -0.3 is 10.6 Å². The van der Waals surface area contributed by atoms with Crippen LogP contribution in [0, 0.1) is 0 Å². The number of nitrogens with two attached hydrogens (primary N) is 1. The molecule has 0 aliphatic heterocycles. The highest BCUT2D eigenvalue weighted by molar-refractivity contribution is 5.67. The zero-order valence-electron chi connectivity index (χ0n) is 12.5. The van der Waals surface area contributed by atoms with Gasteiger partial charge in [0, 0.05) is 37.2 Å². The lowest BCUT2D eigenvalue weighted by Gasteiger charge is -2.17. The number of benzene rings is 2. The van der Waals surface area contributed by atoms with Crippen LogP contribution in [-0.4, -0.2) is 17.0 Å². The van der Waals surface area contributed by atoms with E-state index in [1.54, 1.807) is 0 Å². The topological polar surface area (TPSA) is 55.0 Å². The normalized spacial score (nSPS) is 10.5. The fraction of sp³-hybridized carbons (Fsp3) is 0.111. The molecule has 1 heterocycles. The standard InChI is InChI=1S/C18H18N4/c1-22(16-8-3-2-4-9-16)18-20-12-15(13-21-18)17-10-6-5-7-14(17)11-19/h2-10,12-13H,11,19H2,1H3. The SMILES string of the molecule is CN(c1ccccc1)c1ncc(-c2ccccc2CN)cn1. The van der Waals surface area contributed by atoms with Gasteiger partial charge >= 0.3 is 0 Å². The first-order valence-corrected chi connectivity index (χ1v) is 7.19. The van der Waals surface area contributed by atoms with Crippen molar-refractivity contribution in [3.8, 4) is 11.1 Å². The van der Waals surface area contributed by atoms with Crippen molar-refractivity contribution >= 4 is 11.6 Å². The number of aromatic nitrogens is 2. The maximum Gasteiger partial charge on any atom is 0.229 e. The summed E-state index contributed by atoms with van der Waals surface area (Å²) >= 11 is 0. The molecule has 0 radical (unpaired) electrons. The van der Waals surface area contributed by atoms with Crippen LogP contribution in [0.15, 0.2) is 67.0 Å². The number of anilines is 2. The molecule has 0 spiro atoms. The Hall–Kier alpha value is -2.72. The molecule has 2 N–H and O–H groups in total. The van der Waals surface area contributed by atoms with Gasteiger partial charge in [-0.1, -0.05) is 42.5 Å². The van der Waals surface area contributed by atoms with Gasteiger partial charge in [0.2, 0.25) is 5.95 Å². The van der Waals surface area contributed by atoms with E-state index < -0.39 is 0 Å². The van der Waals surface area contributed by atoms with Crippen LogP contribution < -0.4 is 10.6 Å². The van der Waals surface area contributed by atoms with Crippen LogP contribution in [0.2, 0.25) is 0 Å². The first-order chi connectivity index (χ1) is 10.8. The first-order valence-electron chi connectivity index (χ1n) is 7.19. The Balaban J connectivity index is 1.90. The molecule has 3 aromatic rings. The van der Waals surface area contributed by atoms with Crippen LogP contribution in [0.25, 0.3) is 11.1 Å². The first kappa shape index (κ1) is 14.2. The van der Waals surface area contributed by atoms with Crippen molar-refractivity contribution in [2.24, 2.45) is 5.73 Å². The van der Waals surface area contributed by atoms with Gasteiger partial charge in [0.1, 0.15) is 0 Å². The summed E-state index contributed by atoms with van der Waals surface area (Å²) < 4.78 is 0. The Labute approximate surface area is 130 Å². The molecule has 0 bridgehead atoms. The minimum Gasteiger partial charge on any atom is -0.326 e. The fourth-order valence-corrected chi connectivity index (χ4v) is 2.38. The van der Waals surface area contributed by atoms with Gasteiger partial charge in [-0.15, -0.1) is 0 Å². The third kappa shape index (κ3) is 2.82. The van der Waals surface area contributed by atoms with E-state index in [2.05, 4.69) is 9.97 Å². The Morgan fingerprint density at radius 1 is 0.909 bits per heavy atom. The van der Waals surface area contributed by atoms with E-state index in [1.807, 2.05) is 78.9 Å². The largest absolute Gasteiger partial charge is 0.326 e. The van der Waals surface area contributed by atoms with Crippen molar-refractivity contribution in [3.63, 3.8) is 0 Å². The summed E-state index contributed by atoms with van der Waals surface area (Å²) in [7, 11) is 1.96. The maximum absolute atomic E-state index is 5.79. The molecule has 4 nitrogen and oxygen atoms in total. The molecule has 0 aliphatic rings. The summed E-state index contributed by atoms with van der Waals surface area (Å²) in [6.45, 7) is 0.502. The molecule has 1 aromatic heterocycles. The highest BCUT2D eigenvalue weighted by Crippen LogP contribution is 2.24. The van der Waals surface area contributed by atoms with E-state index >= 15 is 0 Å². The molecule has 0 saturated carbocycles. The average molecular weight is 290 g/mol. The van der Waals surface area contributed by atoms with Gasteiger partial charge in [0.25, 0.3) is 0 Å². The van der Waals surface area contributed by atoms with E-state index in [9.17, 15) is 0 Å². The van der Waals surface area contributed by atoms with Crippen molar-refractivity contribution < 1.29 is 0 Å². The van der Waals surface area contributed by atoms with Gasteiger partial charge in [-0.3, -0.25) is 0 Å². The van der Waals surface area contributed by atoms with Crippen molar-refractivity contribution in [1.82, 2.24) is 9.97 Å². The average Bonchev–Trinajstić information content (AvgIpc) is 2.62. The van der Waals surface area contributed by atoms with Crippen molar-refractivity contribution in [2.75, 3.05) is 11.9 Å². The highest BCUT2D eigenvalue weighted by atomic mass is 15.2. The molecule has 0 saturated heterocycles. The van der Waals surface area contributed by atoms with E-state index in [1.165, 1.54) is 0 Å².